The maximum absolute atomic E-state index is 13.1. The number of rotatable bonds is 6. The van der Waals surface area contributed by atoms with Crippen molar-refractivity contribution in [2.24, 2.45) is 5.41 Å². The number of amides is 1. The molecule has 2 bridgehead atoms. The van der Waals surface area contributed by atoms with E-state index in [1.165, 1.54) is 6.07 Å². The Morgan fingerprint density at radius 3 is 2.35 bits per heavy atom. The smallest absolute Gasteiger partial charge is 0.422 e. The molecule has 2 aromatic carbocycles. The minimum absolute atomic E-state index is 0.00230. The number of furan rings is 1. The lowest BCUT2D eigenvalue weighted by Gasteiger charge is -2.53. The third kappa shape index (κ3) is 4.27. The van der Waals surface area contributed by atoms with E-state index in [4.69, 9.17) is 9.15 Å². The lowest BCUT2D eigenvalue weighted by molar-refractivity contribution is -0.153. The van der Waals surface area contributed by atoms with E-state index in [2.05, 4.69) is 5.32 Å². The summed E-state index contributed by atoms with van der Waals surface area (Å²) in [4.78, 5) is 13.1. The summed E-state index contributed by atoms with van der Waals surface area (Å²) in [6.45, 7) is -1.21. The first kappa shape index (κ1) is 22.8. The van der Waals surface area contributed by atoms with E-state index in [0.717, 1.165) is 38.5 Å². The Balaban J connectivity index is 1.41. The monoisotopic (exact) mass is 473 g/mol. The zero-order chi connectivity index (χ0) is 24.0. The predicted octanol–water partition coefficient (Wildman–Crippen LogP) is 5.86. The average molecular weight is 473 g/mol. The van der Waals surface area contributed by atoms with E-state index in [0.29, 0.717) is 22.1 Å². The summed E-state index contributed by atoms with van der Waals surface area (Å²) in [7, 11) is 0. The van der Waals surface area contributed by atoms with Crippen LogP contribution in [0, 0.1) is 5.41 Å². The van der Waals surface area contributed by atoms with Gasteiger partial charge in [-0.3, -0.25) is 4.79 Å². The van der Waals surface area contributed by atoms with Crippen LogP contribution in [0.2, 0.25) is 0 Å². The van der Waals surface area contributed by atoms with Crippen molar-refractivity contribution in [1.82, 2.24) is 5.32 Å². The van der Waals surface area contributed by atoms with Crippen LogP contribution in [-0.2, 0) is 0 Å². The van der Waals surface area contributed by atoms with E-state index < -0.39 is 12.8 Å². The standard InChI is InChI=1S/C26H26F3NO4/c27-26(28,29)16-33-20-7-2-1-5-18(20)19-6-3-4-17-14-21(34-22(17)19)23(32)30-25-11-8-24(15-31,9-12-25)10-13-25/h1-7,14,31H,8-13,15-16H2,(H,30,32). The van der Waals surface area contributed by atoms with E-state index in [-0.39, 0.29) is 35.0 Å². The van der Waals surface area contributed by atoms with E-state index in [1.807, 2.05) is 0 Å². The number of alkyl halides is 3. The summed E-state index contributed by atoms with van der Waals surface area (Å²) < 4.78 is 49.2. The predicted molar refractivity (Wildman–Crippen MR) is 121 cm³/mol. The van der Waals surface area contributed by atoms with E-state index in [9.17, 15) is 23.1 Å². The highest BCUT2D eigenvalue weighted by molar-refractivity contribution is 6.00. The van der Waals surface area contributed by atoms with Gasteiger partial charge in [0.2, 0.25) is 0 Å². The Labute approximate surface area is 194 Å². The van der Waals surface area contributed by atoms with Crippen molar-refractivity contribution in [1.29, 1.82) is 0 Å². The number of benzene rings is 2. The topological polar surface area (TPSA) is 71.7 Å². The molecule has 2 N–H and O–H groups in total. The first-order valence-corrected chi connectivity index (χ1v) is 11.5. The van der Waals surface area contributed by atoms with E-state index in [1.54, 1.807) is 42.5 Å². The number of hydrogen-bond acceptors (Lipinski definition) is 4. The number of carbonyl (C=O) groups excluding carboxylic acids is 1. The van der Waals surface area contributed by atoms with Gasteiger partial charge < -0.3 is 19.6 Å². The van der Waals surface area contributed by atoms with Gasteiger partial charge in [0.1, 0.15) is 11.3 Å². The summed E-state index contributed by atoms with van der Waals surface area (Å²) in [5.74, 6) is -0.0531. The van der Waals surface area contributed by atoms with Gasteiger partial charge in [-0.15, -0.1) is 0 Å². The van der Waals surface area contributed by atoms with Gasteiger partial charge in [0.25, 0.3) is 5.91 Å². The van der Waals surface area contributed by atoms with Crippen LogP contribution < -0.4 is 10.1 Å². The number of fused-ring (bicyclic) bond motifs is 4. The minimum atomic E-state index is -4.45. The highest BCUT2D eigenvalue weighted by Crippen LogP contribution is 2.52. The molecule has 6 rings (SSSR count). The van der Waals surface area contributed by atoms with Crippen molar-refractivity contribution >= 4 is 16.9 Å². The largest absolute Gasteiger partial charge is 0.483 e. The number of ether oxygens (including phenoxy) is 1. The Hall–Kier alpha value is -3.00. The molecule has 3 fully saturated rings. The fourth-order valence-electron chi connectivity index (χ4n) is 5.35. The Morgan fingerprint density at radius 2 is 1.68 bits per heavy atom. The van der Waals surface area contributed by atoms with Gasteiger partial charge in [-0.1, -0.05) is 36.4 Å². The van der Waals surface area contributed by atoms with Crippen molar-refractivity contribution in [3.63, 3.8) is 0 Å². The molecule has 0 radical (unpaired) electrons. The second-order valence-electron chi connectivity index (χ2n) is 9.63. The summed E-state index contributed by atoms with van der Waals surface area (Å²) >= 11 is 0. The van der Waals surface area contributed by atoms with Crippen LogP contribution >= 0.6 is 0 Å². The van der Waals surface area contributed by atoms with Crippen molar-refractivity contribution in [3.05, 3.63) is 54.3 Å². The van der Waals surface area contributed by atoms with Gasteiger partial charge in [-0.05, 0) is 56.1 Å². The first-order valence-electron chi connectivity index (χ1n) is 11.5. The first-order chi connectivity index (χ1) is 16.2. The van der Waals surface area contributed by atoms with Crippen LogP contribution in [-0.4, -0.2) is 35.9 Å². The number of para-hydroxylation sites is 2. The normalized spacial score (nSPS) is 24.4. The molecule has 3 aliphatic carbocycles. The molecule has 5 nitrogen and oxygen atoms in total. The maximum atomic E-state index is 13.1. The molecule has 3 aromatic rings. The molecule has 0 spiro atoms. The molecular formula is C26H26F3NO4. The fraction of sp³-hybridized carbons (Fsp3) is 0.423. The van der Waals surface area contributed by atoms with Crippen LogP contribution in [0.15, 0.2) is 52.9 Å². The van der Waals surface area contributed by atoms with Crippen LogP contribution in [0.1, 0.15) is 49.1 Å². The van der Waals surface area contributed by atoms with E-state index >= 15 is 0 Å². The number of nitrogens with one attached hydrogen (secondary N) is 1. The maximum Gasteiger partial charge on any atom is 0.422 e. The highest BCUT2D eigenvalue weighted by atomic mass is 19.4. The molecule has 1 aromatic heterocycles. The van der Waals surface area contributed by atoms with Crippen molar-refractivity contribution in [2.45, 2.75) is 50.2 Å². The number of aliphatic hydroxyl groups is 1. The Bertz CT molecular complexity index is 1190. The third-order valence-electron chi connectivity index (χ3n) is 7.45. The van der Waals surface area contributed by atoms with Gasteiger partial charge in [-0.25, -0.2) is 0 Å². The summed E-state index contributed by atoms with van der Waals surface area (Å²) in [5.41, 5.74) is 1.14. The van der Waals surface area contributed by atoms with Crippen LogP contribution in [0.5, 0.6) is 5.75 Å². The third-order valence-corrected chi connectivity index (χ3v) is 7.45. The second kappa shape index (κ2) is 8.34. The molecule has 0 unspecified atom stereocenters. The van der Waals surface area contributed by atoms with Gasteiger partial charge in [0, 0.05) is 28.7 Å². The van der Waals surface area contributed by atoms with Gasteiger partial charge >= 0.3 is 6.18 Å². The quantitative estimate of drug-likeness (QED) is 0.471. The van der Waals surface area contributed by atoms with Crippen LogP contribution in [0.25, 0.3) is 22.1 Å². The van der Waals surface area contributed by atoms with Crippen molar-refractivity contribution in [3.8, 4) is 16.9 Å². The summed E-state index contributed by atoms with van der Waals surface area (Å²) in [5, 5.41) is 13.6. The highest BCUT2D eigenvalue weighted by Gasteiger charge is 2.49. The molecule has 0 atom stereocenters. The number of halogens is 3. The fourth-order valence-corrected chi connectivity index (χ4v) is 5.35. The molecule has 0 saturated heterocycles. The molecule has 0 aliphatic heterocycles. The lowest BCUT2D eigenvalue weighted by Crippen LogP contribution is -2.57. The SMILES string of the molecule is O=C(NC12CCC(CO)(CC1)CC2)c1cc2cccc(-c3ccccc3OCC(F)(F)F)c2o1. The molecule has 1 heterocycles. The van der Waals surface area contributed by atoms with Crippen molar-refractivity contribution < 1.29 is 32.2 Å². The van der Waals surface area contributed by atoms with Crippen molar-refractivity contribution in [2.75, 3.05) is 13.2 Å². The number of hydrogen-bond donors (Lipinski definition) is 2. The molecule has 3 saturated carbocycles. The molecule has 34 heavy (non-hydrogen) atoms. The van der Waals surface area contributed by atoms with Gasteiger partial charge in [0.05, 0.1) is 0 Å². The Morgan fingerprint density at radius 1 is 1.00 bits per heavy atom. The molecule has 3 aliphatic rings. The minimum Gasteiger partial charge on any atom is -0.483 e. The molecule has 1 amide bonds. The van der Waals surface area contributed by atoms with Gasteiger partial charge in [0.15, 0.2) is 12.4 Å². The second-order valence-corrected chi connectivity index (χ2v) is 9.63. The summed E-state index contributed by atoms with van der Waals surface area (Å²) in [6.07, 6.45) is 0.704. The Kier molecular flexibility index (Phi) is 5.59. The summed E-state index contributed by atoms with van der Waals surface area (Å²) in [6, 6.07) is 13.4. The van der Waals surface area contributed by atoms with Gasteiger partial charge in [-0.2, -0.15) is 13.2 Å². The number of aliphatic hydroxyl groups excluding tert-OH is 1. The molecule has 8 heteroatoms. The van der Waals surface area contributed by atoms with Crippen LogP contribution in [0.4, 0.5) is 13.2 Å². The zero-order valence-corrected chi connectivity index (χ0v) is 18.6. The average Bonchev–Trinajstić information content (AvgIpc) is 3.28. The lowest BCUT2D eigenvalue weighted by atomic mass is 9.57. The zero-order valence-electron chi connectivity index (χ0n) is 18.6. The molecular weight excluding hydrogens is 447 g/mol. The van der Waals surface area contributed by atoms with Crippen LogP contribution in [0.3, 0.4) is 0 Å². The number of carbonyl (C=O) groups is 1. The molecule has 180 valence electrons.